The monoisotopic (exact) mass is 459 g/mol. The highest BCUT2D eigenvalue weighted by Crippen LogP contribution is 2.29. The van der Waals surface area contributed by atoms with E-state index in [1.807, 2.05) is 0 Å². The van der Waals surface area contributed by atoms with Crippen molar-refractivity contribution >= 4 is 23.3 Å². The number of amides is 2. The lowest BCUT2D eigenvalue weighted by atomic mass is 10.2. The minimum atomic E-state index is -4.54. The molecule has 9 nitrogen and oxygen atoms in total. The number of alkyl halides is 3. The van der Waals surface area contributed by atoms with Gasteiger partial charge in [0.2, 0.25) is 0 Å². The molecule has 2 amide bonds. The molecule has 0 aliphatic rings. The summed E-state index contributed by atoms with van der Waals surface area (Å²) in [4.78, 5) is 42.8. The Kier molecular flexibility index (Phi) is 6.85. The fourth-order valence-corrected chi connectivity index (χ4v) is 2.88. The fraction of sp³-hybridized carbons (Fsp3) is 0.238. The smallest absolute Gasteiger partial charge is 0.383 e. The van der Waals surface area contributed by atoms with Gasteiger partial charge in [-0.15, -0.1) is 0 Å². The van der Waals surface area contributed by atoms with Crippen molar-refractivity contribution in [1.29, 1.82) is 0 Å². The first-order chi connectivity index (χ1) is 15.6. The maximum atomic E-state index is 13.1. The van der Waals surface area contributed by atoms with E-state index in [9.17, 15) is 22.8 Å². The summed E-state index contributed by atoms with van der Waals surface area (Å²) in [6.07, 6.45) is 0.377. The average Bonchev–Trinajstić information content (AvgIpc) is 2.79. The van der Waals surface area contributed by atoms with Crippen molar-refractivity contribution in [2.45, 2.75) is 32.6 Å². The van der Waals surface area contributed by atoms with Crippen LogP contribution in [-0.4, -0.2) is 36.7 Å². The molecule has 0 aliphatic heterocycles. The second-order valence-electron chi connectivity index (χ2n) is 7.13. The predicted octanol–water partition coefficient (Wildman–Crippen LogP) is 2.90. The van der Waals surface area contributed by atoms with Crippen LogP contribution in [0.15, 0.2) is 49.1 Å². The van der Waals surface area contributed by atoms with Crippen LogP contribution in [0.4, 0.5) is 24.7 Å². The SMILES string of the molecule is Cc1cc(NC(=O)C(=O)N(Cc2ccc(C(F)(F)F)cn2)[C@H](C)c2ncccn2)cnc1N. The Morgan fingerprint density at radius 2 is 1.82 bits per heavy atom. The van der Waals surface area contributed by atoms with E-state index in [0.29, 0.717) is 11.8 Å². The molecular formula is C21H20F3N7O2. The molecule has 0 bridgehead atoms. The van der Waals surface area contributed by atoms with Gasteiger partial charge >= 0.3 is 18.0 Å². The van der Waals surface area contributed by atoms with E-state index in [4.69, 9.17) is 5.73 Å². The van der Waals surface area contributed by atoms with Gasteiger partial charge in [-0.1, -0.05) is 0 Å². The molecule has 0 radical (unpaired) electrons. The molecule has 0 saturated heterocycles. The minimum absolute atomic E-state index is 0.150. The van der Waals surface area contributed by atoms with E-state index in [1.54, 1.807) is 26.0 Å². The number of aromatic nitrogens is 4. The molecule has 33 heavy (non-hydrogen) atoms. The zero-order valence-electron chi connectivity index (χ0n) is 17.7. The maximum absolute atomic E-state index is 13.1. The van der Waals surface area contributed by atoms with Gasteiger partial charge in [-0.25, -0.2) is 15.0 Å². The number of rotatable bonds is 5. The van der Waals surface area contributed by atoms with Crippen LogP contribution in [0.1, 0.15) is 35.6 Å². The highest BCUT2D eigenvalue weighted by molar-refractivity contribution is 6.39. The van der Waals surface area contributed by atoms with Crippen LogP contribution in [0, 0.1) is 6.92 Å². The molecule has 3 aromatic heterocycles. The van der Waals surface area contributed by atoms with Crippen molar-refractivity contribution < 1.29 is 22.8 Å². The average molecular weight is 459 g/mol. The highest BCUT2D eigenvalue weighted by atomic mass is 19.4. The zero-order chi connectivity index (χ0) is 24.2. The van der Waals surface area contributed by atoms with Crippen LogP contribution < -0.4 is 11.1 Å². The van der Waals surface area contributed by atoms with Crippen molar-refractivity contribution in [1.82, 2.24) is 24.8 Å². The van der Waals surface area contributed by atoms with Crippen LogP contribution in [0.25, 0.3) is 0 Å². The van der Waals surface area contributed by atoms with E-state index >= 15 is 0 Å². The first-order valence-electron chi connectivity index (χ1n) is 9.69. The number of hydrogen-bond acceptors (Lipinski definition) is 7. The molecule has 0 unspecified atom stereocenters. The Morgan fingerprint density at radius 3 is 2.39 bits per heavy atom. The predicted molar refractivity (Wildman–Crippen MR) is 112 cm³/mol. The van der Waals surface area contributed by atoms with Gasteiger partial charge in [0.15, 0.2) is 0 Å². The zero-order valence-corrected chi connectivity index (χ0v) is 17.7. The fourth-order valence-electron chi connectivity index (χ4n) is 2.88. The first kappa shape index (κ1) is 23.6. The molecule has 12 heteroatoms. The molecule has 0 aliphatic carbocycles. The molecule has 3 N–H and O–H groups in total. The van der Waals surface area contributed by atoms with Gasteiger partial charge in [0.1, 0.15) is 11.6 Å². The summed E-state index contributed by atoms with van der Waals surface area (Å²) in [5.74, 6) is -1.40. The second kappa shape index (κ2) is 9.59. The van der Waals surface area contributed by atoms with Crippen molar-refractivity contribution in [3.8, 4) is 0 Å². The number of nitrogen functional groups attached to an aromatic ring is 1. The Bertz CT molecular complexity index is 1140. The van der Waals surface area contributed by atoms with Crippen molar-refractivity contribution in [2.75, 3.05) is 11.1 Å². The quantitative estimate of drug-likeness (QED) is 0.562. The van der Waals surface area contributed by atoms with E-state index in [-0.39, 0.29) is 29.6 Å². The number of nitrogens with one attached hydrogen (secondary N) is 1. The van der Waals surface area contributed by atoms with Gasteiger partial charge < -0.3 is 16.0 Å². The molecule has 0 aromatic carbocycles. The number of nitrogens with zero attached hydrogens (tertiary/aromatic N) is 5. The minimum Gasteiger partial charge on any atom is -0.383 e. The lowest BCUT2D eigenvalue weighted by Gasteiger charge is -2.27. The second-order valence-corrected chi connectivity index (χ2v) is 7.13. The number of anilines is 2. The molecule has 3 aromatic rings. The maximum Gasteiger partial charge on any atom is 0.417 e. The van der Waals surface area contributed by atoms with Gasteiger partial charge in [0.05, 0.1) is 35.7 Å². The van der Waals surface area contributed by atoms with Crippen LogP contribution in [0.3, 0.4) is 0 Å². The Balaban J connectivity index is 1.86. The standard InChI is InChI=1S/C21H20F3N7O2/c1-12-8-16(10-29-17(12)25)30-19(32)20(33)31(13(2)18-26-6-3-7-27-18)11-15-5-4-14(9-28-15)21(22,23)24/h3-10,13H,11H2,1-2H3,(H2,25,29)(H,30,32)/t13-/m1/s1. The number of carbonyl (C=O) groups is 2. The molecule has 3 heterocycles. The Hall–Kier alpha value is -4.09. The third-order valence-corrected chi connectivity index (χ3v) is 4.74. The molecule has 172 valence electrons. The highest BCUT2D eigenvalue weighted by Gasteiger charge is 2.32. The number of carbonyl (C=O) groups excluding carboxylic acids is 2. The summed E-state index contributed by atoms with van der Waals surface area (Å²) in [6, 6.07) is 4.37. The summed E-state index contributed by atoms with van der Waals surface area (Å²) in [5.41, 5.74) is 5.76. The van der Waals surface area contributed by atoms with Crippen molar-refractivity contribution in [2.24, 2.45) is 0 Å². The van der Waals surface area contributed by atoms with Gasteiger partial charge in [-0.05, 0) is 43.7 Å². The number of pyridine rings is 2. The first-order valence-corrected chi connectivity index (χ1v) is 9.69. The topological polar surface area (TPSA) is 127 Å². The summed E-state index contributed by atoms with van der Waals surface area (Å²) in [5, 5.41) is 2.45. The van der Waals surface area contributed by atoms with E-state index in [2.05, 4.69) is 25.3 Å². The number of nitrogens with two attached hydrogens (primary N) is 1. The summed E-state index contributed by atoms with van der Waals surface area (Å²) in [7, 11) is 0. The van der Waals surface area contributed by atoms with Gasteiger partial charge in [0.25, 0.3) is 0 Å². The molecule has 0 saturated carbocycles. The number of halogens is 3. The van der Waals surface area contributed by atoms with Crippen LogP contribution >= 0.6 is 0 Å². The summed E-state index contributed by atoms with van der Waals surface area (Å²) in [6.45, 7) is 3.04. The van der Waals surface area contributed by atoms with Gasteiger partial charge in [-0.3, -0.25) is 14.6 Å². The van der Waals surface area contributed by atoms with Crippen LogP contribution in [0.2, 0.25) is 0 Å². The van der Waals surface area contributed by atoms with Crippen LogP contribution in [0.5, 0.6) is 0 Å². The van der Waals surface area contributed by atoms with E-state index < -0.39 is 29.6 Å². The molecule has 0 fully saturated rings. The third-order valence-electron chi connectivity index (χ3n) is 4.74. The largest absolute Gasteiger partial charge is 0.417 e. The summed E-state index contributed by atoms with van der Waals surface area (Å²) < 4.78 is 38.5. The molecule has 1 atom stereocenters. The van der Waals surface area contributed by atoms with E-state index in [1.165, 1.54) is 18.6 Å². The number of aryl methyl sites for hydroxylation is 1. The third kappa shape index (κ3) is 5.79. The summed E-state index contributed by atoms with van der Waals surface area (Å²) >= 11 is 0. The lowest BCUT2D eigenvalue weighted by molar-refractivity contribution is -0.145. The van der Waals surface area contributed by atoms with Gasteiger partial charge in [-0.2, -0.15) is 13.2 Å². The Morgan fingerprint density at radius 1 is 1.12 bits per heavy atom. The molecular weight excluding hydrogens is 439 g/mol. The normalized spacial score (nSPS) is 12.2. The van der Waals surface area contributed by atoms with Gasteiger partial charge in [0, 0.05) is 18.6 Å². The van der Waals surface area contributed by atoms with Crippen LogP contribution in [-0.2, 0) is 22.3 Å². The lowest BCUT2D eigenvalue weighted by Crippen LogP contribution is -2.41. The Labute approximate surface area is 186 Å². The van der Waals surface area contributed by atoms with E-state index in [0.717, 1.165) is 17.0 Å². The molecule has 0 spiro atoms. The number of hydrogen-bond donors (Lipinski definition) is 2. The van der Waals surface area contributed by atoms with Crippen molar-refractivity contribution in [3.63, 3.8) is 0 Å². The molecule has 3 rings (SSSR count). The van der Waals surface area contributed by atoms with Crippen molar-refractivity contribution in [3.05, 3.63) is 71.7 Å².